The van der Waals surface area contributed by atoms with Crippen LogP contribution in [-0.2, 0) is 9.53 Å². The molecule has 3 nitrogen and oxygen atoms in total. The van der Waals surface area contributed by atoms with Gasteiger partial charge in [-0.15, -0.1) is 0 Å². The molecular formula is C44H64O3. The van der Waals surface area contributed by atoms with Crippen molar-refractivity contribution in [3.05, 3.63) is 146 Å². The van der Waals surface area contributed by atoms with Crippen molar-refractivity contribution >= 4 is 5.97 Å². The van der Waals surface area contributed by atoms with Gasteiger partial charge in [0.15, 0.2) is 0 Å². The fraction of sp³-hybridized carbons (Fsp3) is 0.432. The van der Waals surface area contributed by atoms with E-state index in [1.165, 1.54) is 0 Å². The van der Waals surface area contributed by atoms with Crippen molar-refractivity contribution in [1.82, 2.24) is 0 Å². The topological polar surface area (TPSA) is 46.5 Å². The highest BCUT2D eigenvalue weighted by Gasteiger charge is 2.19. The standard InChI is InChI=1S/C22H30O2.C22H34O/c1-2-3-4-5-6-7-8-9-10-11-12-13-14-15-16-17-18-21-19-20-22(23)24-21;1-3-5-6-7-8-9-10-11-12-13-14-15-16-17-18-19-21-22(23)20-4-2/h3-4,6-7,9-10,12-13,15-18,21H,2,5,8,11,14,19-20H2,1H3;5-6,8-9,11-12,14-15,17-19,21-23H,3-4,7,10,13,16,20H2,1-2H3/b4-3-,7-6-,10-9-,13-12-,16-15-,18-17+;6-5-,9-8-,12-11-,15-14-,18-17-,21-19+. The Balaban J connectivity index is 0.000000902. The molecular weight excluding hydrogens is 576 g/mol. The van der Waals surface area contributed by atoms with Crippen LogP contribution < -0.4 is 0 Å². The molecule has 1 heterocycles. The van der Waals surface area contributed by atoms with Crippen LogP contribution in [0.2, 0.25) is 0 Å². The molecule has 2 atom stereocenters. The quantitative estimate of drug-likeness (QED) is 0.0649. The summed E-state index contributed by atoms with van der Waals surface area (Å²) < 4.78 is 5.10. The van der Waals surface area contributed by atoms with Gasteiger partial charge in [-0.25, -0.2) is 0 Å². The van der Waals surface area contributed by atoms with Gasteiger partial charge in [-0.3, -0.25) is 4.79 Å². The summed E-state index contributed by atoms with van der Waals surface area (Å²) in [5.41, 5.74) is 0. The second-order valence-electron chi connectivity index (χ2n) is 11.0. The molecule has 1 aliphatic rings. The van der Waals surface area contributed by atoms with E-state index < -0.39 is 0 Å². The van der Waals surface area contributed by atoms with E-state index in [2.05, 4.69) is 130 Å². The summed E-state index contributed by atoms with van der Waals surface area (Å²) in [6.07, 6.45) is 64.0. The van der Waals surface area contributed by atoms with Crippen LogP contribution in [0, 0.1) is 0 Å². The van der Waals surface area contributed by atoms with Crippen molar-refractivity contribution in [2.45, 2.75) is 123 Å². The fourth-order valence-electron chi connectivity index (χ4n) is 4.08. The maximum atomic E-state index is 10.9. The Labute approximate surface area is 288 Å². The van der Waals surface area contributed by atoms with Crippen LogP contribution in [-0.4, -0.2) is 23.3 Å². The van der Waals surface area contributed by atoms with E-state index in [0.29, 0.717) is 6.42 Å². The molecule has 0 aromatic heterocycles. The number of carbonyl (C=O) groups excluding carboxylic acids is 1. The molecule has 0 saturated carbocycles. The molecule has 0 aromatic rings. The number of hydrogen-bond donors (Lipinski definition) is 1. The summed E-state index contributed by atoms with van der Waals surface area (Å²) in [5, 5.41) is 9.51. The zero-order valence-electron chi connectivity index (χ0n) is 29.7. The summed E-state index contributed by atoms with van der Waals surface area (Å²) in [4.78, 5) is 10.9. The molecule has 1 fully saturated rings. The first kappa shape index (κ1) is 43.3. The molecule has 0 amide bonds. The second kappa shape index (κ2) is 36.8. The van der Waals surface area contributed by atoms with Gasteiger partial charge in [0.25, 0.3) is 0 Å². The van der Waals surface area contributed by atoms with Gasteiger partial charge < -0.3 is 9.84 Å². The van der Waals surface area contributed by atoms with Gasteiger partial charge in [0.05, 0.1) is 6.10 Å². The SMILES string of the molecule is CC/C=C\C/C=C\C/C=C\C/C=C\C/C=C\C=C\C(O)CCC.CC/C=C\C/C=C\C/C=C\C/C=C\C/C=C\C=C\C1CCC(=O)O1. The van der Waals surface area contributed by atoms with Crippen molar-refractivity contribution in [3.8, 4) is 0 Å². The lowest BCUT2D eigenvalue weighted by atomic mass is 10.2. The Hall–Kier alpha value is -3.69. The molecule has 2 unspecified atom stereocenters. The predicted molar refractivity (Wildman–Crippen MR) is 207 cm³/mol. The number of allylic oxidation sites excluding steroid dienone is 22. The highest BCUT2D eigenvalue weighted by Crippen LogP contribution is 2.14. The van der Waals surface area contributed by atoms with E-state index in [9.17, 15) is 9.90 Å². The van der Waals surface area contributed by atoms with Crippen molar-refractivity contribution in [3.63, 3.8) is 0 Å². The monoisotopic (exact) mass is 640 g/mol. The van der Waals surface area contributed by atoms with Crippen molar-refractivity contribution in [2.24, 2.45) is 0 Å². The van der Waals surface area contributed by atoms with E-state index in [-0.39, 0.29) is 18.2 Å². The zero-order chi connectivity index (χ0) is 34.3. The van der Waals surface area contributed by atoms with Gasteiger partial charge >= 0.3 is 5.97 Å². The third-order valence-electron chi connectivity index (χ3n) is 6.64. The molecule has 0 bridgehead atoms. The summed E-state index contributed by atoms with van der Waals surface area (Å²) in [5.74, 6) is -0.0894. The second-order valence-corrected chi connectivity index (χ2v) is 11.0. The third kappa shape index (κ3) is 35.0. The molecule has 1 aliphatic heterocycles. The normalized spacial score (nSPS) is 17.1. The van der Waals surface area contributed by atoms with Crippen LogP contribution in [0.1, 0.15) is 111 Å². The first-order chi connectivity index (χ1) is 23.1. The van der Waals surface area contributed by atoms with Crippen LogP contribution in [0.4, 0.5) is 0 Å². The van der Waals surface area contributed by atoms with Crippen LogP contribution >= 0.6 is 0 Å². The zero-order valence-corrected chi connectivity index (χ0v) is 29.7. The number of rotatable bonds is 24. The Kier molecular flexibility index (Phi) is 33.9. The number of aliphatic hydroxyl groups excluding tert-OH is 1. The smallest absolute Gasteiger partial charge is 0.306 e. The van der Waals surface area contributed by atoms with E-state index in [1.54, 1.807) is 0 Å². The van der Waals surface area contributed by atoms with E-state index in [1.807, 2.05) is 36.5 Å². The molecule has 0 radical (unpaired) electrons. The average molecular weight is 641 g/mol. The van der Waals surface area contributed by atoms with Crippen LogP contribution in [0.3, 0.4) is 0 Å². The van der Waals surface area contributed by atoms with Crippen LogP contribution in [0.25, 0.3) is 0 Å². The maximum Gasteiger partial charge on any atom is 0.306 e. The summed E-state index contributed by atoms with van der Waals surface area (Å²) in [7, 11) is 0. The van der Waals surface area contributed by atoms with Crippen LogP contribution in [0.15, 0.2) is 146 Å². The van der Waals surface area contributed by atoms with Gasteiger partial charge in [0.1, 0.15) is 6.10 Å². The molecule has 0 aliphatic carbocycles. The molecule has 1 N–H and O–H groups in total. The van der Waals surface area contributed by atoms with Gasteiger partial charge in [-0.2, -0.15) is 0 Å². The lowest BCUT2D eigenvalue weighted by Crippen LogP contribution is -2.01. The molecule has 3 heteroatoms. The molecule has 1 saturated heterocycles. The van der Waals surface area contributed by atoms with E-state index in [0.717, 1.165) is 83.5 Å². The minimum atomic E-state index is -0.304. The highest BCUT2D eigenvalue weighted by molar-refractivity contribution is 5.71. The van der Waals surface area contributed by atoms with Gasteiger partial charge in [-0.1, -0.05) is 167 Å². The number of ether oxygens (including phenoxy) is 1. The third-order valence-corrected chi connectivity index (χ3v) is 6.64. The van der Waals surface area contributed by atoms with E-state index >= 15 is 0 Å². The number of hydrogen-bond acceptors (Lipinski definition) is 3. The Morgan fingerprint density at radius 2 is 0.957 bits per heavy atom. The maximum absolute atomic E-state index is 10.9. The predicted octanol–water partition coefficient (Wildman–Crippen LogP) is 12.5. The fourth-order valence-corrected chi connectivity index (χ4v) is 4.08. The van der Waals surface area contributed by atoms with Gasteiger partial charge in [-0.05, 0) is 83.1 Å². The summed E-state index contributed by atoms with van der Waals surface area (Å²) in [6.45, 7) is 6.38. The summed E-state index contributed by atoms with van der Waals surface area (Å²) >= 11 is 0. The number of carbonyl (C=O) groups is 1. The first-order valence-electron chi connectivity index (χ1n) is 17.9. The molecule has 0 aromatic carbocycles. The van der Waals surface area contributed by atoms with Crippen molar-refractivity contribution in [2.75, 3.05) is 0 Å². The minimum Gasteiger partial charge on any atom is -0.458 e. The van der Waals surface area contributed by atoms with E-state index in [4.69, 9.17) is 4.74 Å². The first-order valence-corrected chi connectivity index (χ1v) is 17.9. The number of aliphatic hydroxyl groups is 1. The average Bonchev–Trinajstić information content (AvgIpc) is 3.49. The Morgan fingerprint density at radius 3 is 1.32 bits per heavy atom. The molecule has 47 heavy (non-hydrogen) atoms. The lowest BCUT2D eigenvalue weighted by molar-refractivity contribution is -0.139. The largest absolute Gasteiger partial charge is 0.458 e. The van der Waals surface area contributed by atoms with Crippen molar-refractivity contribution in [1.29, 1.82) is 0 Å². The molecule has 1 rings (SSSR count). The van der Waals surface area contributed by atoms with Crippen LogP contribution in [0.5, 0.6) is 0 Å². The minimum absolute atomic E-state index is 0.0282. The van der Waals surface area contributed by atoms with Gasteiger partial charge in [0.2, 0.25) is 0 Å². The highest BCUT2D eigenvalue weighted by atomic mass is 16.5. The van der Waals surface area contributed by atoms with Crippen molar-refractivity contribution < 1.29 is 14.6 Å². The molecule has 0 spiro atoms. The lowest BCUT2D eigenvalue weighted by Gasteiger charge is -1.99. The number of esters is 1. The van der Waals surface area contributed by atoms with Gasteiger partial charge in [0, 0.05) is 6.42 Å². The Bertz CT molecular complexity index is 1090. The number of cyclic esters (lactones) is 1. The Morgan fingerprint density at radius 1 is 0.574 bits per heavy atom. The molecule has 258 valence electrons. The summed E-state index contributed by atoms with van der Waals surface area (Å²) in [6, 6.07) is 0.